The standard InChI is InChI=1S/C11H13ClN2O3/c1-6(2)5-8(13)10-9(14(16)17)4-3-7(12)11(10)15/h3-4,8,15H,1,5,13H2,2H3/t8-/m1/s1. The topological polar surface area (TPSA) is 89.4 Å². The van der Waals surface area contributed by atoms with E-state index < -0.39 is 11.0 Å². The third-order valence-corrected chi connectivity index (χ3v) is 2.59. The first-order valence-electron chi connectivity index (χ1n) is 4.90. The number of benzene rings is 1. The molecule has 0 aromatic heterocycles. The predicted octanol–water partition coefficient (Wildman–Crippen LogP) is 2.92. The molecule has 0 aliphatic heterocycles. The maximum Gasteiger partial charge on any atom is 0.278 e. The highest BCUT2D eigenvalue weighted by atomic mass is 35.5. The summed E-state index contributed by atoms with van der Waals surface area (Å²) in [5.41, 5.74) is 6.40. The van der Waals surface area contributed by atoms with Crippen LogP contribution in [0.3, 0.4) is 0 Å². The van der Waals surface area contributed by atoms with E-state index in [0.717, 1.165) is 5.57 Å². The van der Waals surface area contributed by atoms with Crippen LogP contribution in [-0.2, 0) is 0 Å². The van der Waals surface area contributed by atoms with Crippen molar-refractivity contribution in [3.8, 4) is 5.75 Å². The zero-order valence-corrected chi connectivity index (χ0v) is 10.1. The van der Waals surface area contributed by atoms with Gasteiger partial charge in [-0.25, -0.2) is 0 Å². The van der Waals surface area contributed by atoms with Crippen LogP contribution in [0, 0.1) is 10.1 Å². The van der Waals surface area contributed by atoms with Crippen molar-refractivity contribution in [2.75, 3.05) is 0 Å². The molecule has 1 aromatic rings. The van der Waals surface area contributed by atoms with Gasteiger partial charge in [-0.15, -0.1) is 6.58 Å². The highest BCUT2D eigenvalue weighted by molar-refractivity contribution is 6.32. The predicted molar refractivity (Wildman–Crippen MR) is 66.1 cm³/mol. The summed E-state index contributed by atoms with van der Waals surface area (Å²) in [6.07, 6.45) is 0.342. The smallest absolute Gasteiger partial charge is 0.278 e. The molecule has 0 radical (unpaired) electrons. The average molecular weight is 257 g/mol. The monoisotopic (exact) mass is 256 g/mol. The van der Waals surface area contributed by atoms with Gasteiger partial charge in [-0.3, -0.25) is 10.1 Å². The van der Waals surface area contributed by atoms with Gasteiger partial charge in [0, 0.05) is 12.1 Å². The minimum Gasteiger partial charge on any atom is -0.506 e. The number of nitrogens with zero attached hydrogens (tertiary/aromatic N) is 1. The van der Waals surface area contributed by atoms with Gasteiger partial charge in [0.05, 0.1) is 15.5 Å². The van der Waals surface area contributed by atoms with E-state index in [4.69, 9.17) is 17.3 Å². The fraction of sp³-hybridized carbons (Fsp3) is 0.273. The second-order valence-electron chi connectivity index (χ2n) is 3.85. The largest absolute Gasteiger partial charge is 0.506 e. The molecule has 5 nitrogen and oxygen atoms in total. The maximum absolute atomic E-state index is 10.8. The maximum atomic E-state index is 10.8. The first-order chi connectivity index (χ1) is 7.84. The Balaban J connectivity index is 3.32. The first kappa shape index (κ1) is 13.5. The minimum atomic E-state index is -0.702. The molecule has 17 heavy (non-hydrogen) atoms. The Morgan fingerprint density at radius 3 is 2.76 bits per heavy atom. The van der Waals surface area contributed by atoms with Gasteiger partial charge in [0.1, 0.15) is 5.75 Å². The lowest BCUT2D eigenvalue weighted by molar-refractivity contribution is -0.385. The molecular formula is C11H13ClN2O3. The van der Waals surface area contributed by atoms with Crippen LogP contribution >= 0.6 is 11.6 Å². The second kappa shape index (κ2) is 5.16. The van der Waals surface area contributed by atoms with E-state index in [9.17, 15) is 15.2 Å². The minimum absolute atomic E-state index is 0.0442. The van der Waals surface area contributed by atoms with Crippen molar-refractivity contribution in [3.63, 3.8) is 0 Å². The van der Waals surface area contributed by atoms with Gasteiger partial charge >= 0.3 is 0 Å². The van der Waals surface area contributed by atoms with Gasteiger partial charge in [-0.05, 0) is 19.4 Å². The van der Waals surface area contributed by atoms with Crippen molar-refractivity contribution in [1.82, 2.24) is 0 Å². The Morgan fingerprint density at radius 1 is 1.71 bits per heavy atom. The normalized spacial score (nSPS) is 12.2. The molecule has 3 N–H and O–H groups in total. The molecule has 0 saturated heterocycles. The molecule has 1 atom stereocenters. The zero-order valence-electron chi connectivity index (χ0n) is 9.31. The van der Waals surface area contributed by atoms with Crippen LogP contribution in [-0.4, -0.2) is 10.0 Å². The summed E-state index contributed by atoms with van der Waals surface area (Å²) in [4.78, 5) is 10.3. The van der Waals surface area contributed by atoms with E-state index >= 15 is 0 Å². The zero-order chi connectivity index (χ0) is 13.2. The number of hydrogen-bond acceptors (Lipinski definition) is 4. The average Bonchev–Trinajstić information content (AvgIpc) is 2.20. The third kappa shape index (κ3) is 2.95. The van der Waals surface area contributed by atoms with E-state index in [1.54, 1.807) is 6.92 Å². The summed E-state index contributed by atoms with van der Waals surface area (Å²) >= 11 is 5.72. The molecular weight excluding hydrogens is 244 g/mol. The second-order valence-corrected chi connectivity index (χ2v) is 4.26. The van der Waals surface area contributed by atoms with Gasteiger partial charge in [-0.1, -0.05) is 17.2 Å². The molecule has 0 amide bonds. The fourth-order valence-electron chi connectivity index (χ4n) is 1.57. The summed E-state index contributed by atoms with van der Waals surface area (Å²) in [6, 6.07) is 1.80. The Kier molecular flexibility index (Phi) is 4.09. The third-order valence-electron chi connectivity index (χ3n) is 2.28. The lowest BCUT2D eigenvalue weighted by Gasteiger charge is -2.14. The van der Waals surface area contributed by atoms with Crippen LogP contribution < -0.4 is 5.73 Å². The van der Waals surface area contributed by atoms with Crippen LogP contribution in [0.1, 0.15) is 24.9 Å². The first-order valence-corrected chi connectivity index (χ1v) is 5.28. The molecule has 0 unspecified atom stereocenters. The van der Waals surface area contributed by atoms with Gasteiger partial charge in [0.2, 0.25) is 0 Å². The van der Waals surface area contributed by atoms with Crippen molar-refractivity contribution >= 4 is 17.3 Å². The number of halogens is 1. The summed E-state index contributed by atoms with van der Waals surface area (Å²) in [6.45, 7) is 5.44. The number of nitrogens with two attached hydrogens (primary N) is 1. The van der Waals surface area contributed by atoms with E-state index in [1.165, 1.54) is 12.1 Å². The SMILES string of the molecule is C=C(C)C[C@@H](N)c1c([N+](=O)[O-])ccc(Cl)c1O. The molecule has 1 aromatic carbocycles. The van der Waals surface area contributed by atoms with Crippen LogP contribution in [0.25, 0.3) is 0 Å². The van der Waals surface area contributed by atoms with Gasteiger partial charge < -0.3 is 10.8 Å². The molecule has 1 rings (SSSR count). The van der Waals surface area contributed by atoms with Crippen molar-refractivity contribution < 1.29 is 10.0 Å². The summed E-state index contributed by atoms with van der Waals surface area (Å²) < 4.78 is 0. The number of aromatic hydroxyl groups is 1. The lowest BCUT2D eigenvalue weighted by atomic mass is 9.98. The number of rotatable bonds is 4. The highest BCUT2D eigenvalue weighted by Gasteiger charge is 2.25. The van der Waals surface area contributed by atoms with Crippen LogP contribution in [0.2, 0.25) is 5.02 Å². The molecule has 0 bridgehead atoms. The van der Waals surface area contributed by atoms with E-state index in [0.29, 0.717) is 6.42 Å². The number of hydrogen-bond donors (Lipinski definition) is 2. The summed E-state index contributed by atoms with van der Waals surface area (Å²) in [7, 11) is 0. The molecule has 0 spiro atoms. The van der Waals surface area contributed by atoms with Crippen molar-refractivity contribution in [1.29, 1.82) is 0 Å². The van der Waals surface area contributed by atoms with E-state index in [2.05, 4.69) is 6.58 Å². The van der Waals surface area contributed by atoms with Crippen molar-refractivity contribution in [2.45, 2.75) is 19.4 Å². The van der Waals surface area contributed by atoms with Crippen LogP contribution in [0.15, 0.2) is 24.3 Å². The fourth-order valence-corrected chi connectivity index (χ4v) is 1.74. The van der Waals surface area contributed by atoms with Gasteiger partial charge in [-0.2, -0.15) is 0 Å². The van der Waals surface area contributed by atoms with Crippen LogP contribution in [0.5, 0.6) is 5.75 Å². The molecule has 0 aliphatic carbocycles. The van der Waals surface area contributed by atoms with Crippen molar-refractivity contribution in [3.05, 3.63) is 45.0 Å². The summed E-state index contributed by atoms with van der Waals surface area (Å²) in [5, 5.41) is 20.7. The Labute approximate surface area is 104 Å². The Morgan fingerprint density at radius 2 is 2.29 bits per heavy atom. The van der Waals surface area contributed by atoms with Gasteiger partial charge in [0.25, 0.3) is 5.69 Å². The Bertz CT molecular complexity index is 474. The quantitative estimate of drug-likeness (QED) is 0.492. The number of nitro benzene ring substituents is 1. The molecule has 6 heteroatoms. The van der Waals surface area contributed by atoms with Gasteiger partial charge in [0.15, 0.2) is 0 Å². The van der Waals surface area contributed by atoms with Crippen molar-refractivity contribution in [2.24, 2.45) is 5.73 Å². The Hall–Kier alpha value is -1.59. The van der Waals surface area contributed by atoms with Crippen LogP contribution in [0.4, 0.5) is 5.69 Å². The summed E-state index contributed by atoms with van der Waals surface area (Å²) in [5.74, 6) is -0.338. The lowest BCUT2D eigenvalue weighted by Crippen LogP contribution is -2.13. The molecule has 0 heterocycles. The molecule has 0 aliphatic rings. The number of nitro groups is 1. The number of phenolic OH excluding ortho intramolecular Hbond substituents is 1. The molecule has 92 valence electrons. The number of phenols is 1. The highest BCUT2D eigenvalue weighted by Crippen LogP contribution is 2.39. The van der Waals surface area contributed by atoms with E-state index in [-0.39, 0.29) is 22.0 Å². The molecule has 0 fully saturated rings. The van der Waals surface area contributed by atoms with E-state index in [1.807, 2.05) is 0 Å². The molecule has 0 saturated carbocycles.